The van der Waals surface area contributed by atoms with E-state index in [-0.39, 0.29) is 0 Å². The Bertz CT molecular complexity index is 408. The first kappa shape index (κ1) is 9.83. The van der Waals surface area contributed by atoms with Crippen LogP contribution in [0.25, 0.3) is 0 Å². The molecule has 2 aromatic heterocycles. The van der Waals surface area contributed by atoms with Crippen LogP contribution in [0.4, 0.5) is 0 Å². The number of hydrogen-bond donors (Lipinski definition) is 0. The topological polar surface area (TPSA) is 43.6 Å². The molecule has 2 aromatic rings. The predicted octanol–water partition coefficient (Wildman–Crippen LogP) is 1.48. The van der Waals surface area contributed by atoms with Gasteiger partial charge in [-0.05, 0) is 31.4 Å². The summed E-state index contributed by atoms with van der Waals surface area (Å²) in [6.07, 6.45) is 7.57. The first-order valence-electron chi connectivity index (χ1n) is 5.16. The van der Waals surface area contributed by atoms with Crippen molar-refractivity contribution < 1.29 is 0 Å². The van der Waals surface area contributed by atoms with Crippen LogP contribution in [-0.2, 0) is 19.4 Å². The minimum atomic E-state index is 0.875. The van der Waals surface area contributed by atoms with Crippen LogP contribution in [0.2, 0.25) is 0 Å². The lowest BCUT2D eigenvalue weighted by Gasteiger charge is -1.96. The third-order valence-corrected chi connectivity index (χ3v) is 2.30. The van der Waals surface area contributed by atoms with E-state index in [2.05, 4.69) is 28.3 Å². The second-order valence-corrected chi connectivity index (χ2v) is 3.43. The molecule has 0 aliphatic heterocycles. The van der Waals surface area contributed by atoms with Gasteiger partial charge in [-0.3, -0.25) is 9.67 Å². The largest absolute Gasteiger partial charge is 0.264 e. The second-order valence-electron chi connectivity index (χ2n) is 3.43. The van der Waals surface area contributed by atoms with Gasteiger partial charge < -0.3 is 0 Å². The molecule has 0 amide bonds. The van der Waals surface area contributed by atoms with Crippen molar-refractivity contribution >= 4 is 0 Å². The Balaban J connectivity index is 1.93. The Morgan fingerprint density at radius 2 is 2.27 bits per heavy atom. The molecule has 0 spiro atoms. The highest BCUT2D eigenvalue weighted by atomic mass is 15.4. The van der Waals surface area contributed by atoms with Crippen LogP contribution in [-0.4, -0.2) is 20.0 Å². The van der Waals surface area contributed by atoms with E-state index >= 15 is 0 Å². The molecular weight excluding hydrogens is 188 g/mol. The van der Waals surface area contributed by atoms with E-state index in [9.17, 15) is 0 Å². The van der Waals surface area contributed by atoms with E-state index in [1.807, 2.05) is 23.1 Å². The van der Waals surface area contributed by atoms with E-state index in [1.54, 1.807) is 6.20 Å². The van der Waals surface area contributed by atoms with Crippen molar-refractivity contribution in [3.63, 3.8) is 0 Å². The van der Waals surface area contributed by atoms with Gasteiger partial charge in [-0.1, -0.05) is 11.3 Å². The summed E-state index contributed by atoms with van der Waals surface area (Å²) in [6, 6.07) is 4.04. The van der Waals surface area contributed by atoms with Gasteiger partial charge in [-0.25, -0.2) is 0 Å². The molecule has 4 heteroatoms. The Labute approximate surface area is 89.0 Å². The molecule has 0 bridgehead atoms. The van der Waals surface area contributed by atoms with Crippen LogP contribution in [0.5, 0.6) is 0 Å². The summed E-state index contributed by atoms with van der Waals surface area (Å²) in [5, 5.41) is 8.09. The van der Waals surface area contributed by atoms with Crippen LogP contribution < -0.4 is 0 Å². The van der Waals surface area contributed by atoms with Crippen molar-refractivity contribution in [3.8, 4) is 0 Å². The fraction of sp³-hybridized carbons (Fsp3) is 0.364. The molecule has 0 fully saturated rings. The van der Waals surface area contributed by atoms with Crippen molar-refractivity contribution in [1.29, 1.82) is 0 Å². The zero-order chi connectivity index (χ0) is 10.5. The highest BCUT2D eigenvalue weighted by Crippen LogP contribution is 2.03. The molecule has 0 aliphatic rings. The van der Waals surface area contributed by atoms with Crippen molar-refractivity contribution in [2.45, 2.75) is 26.3 Å². The van der Waals surface area contributed by atoms with Crippen LogP contribution in [0.3, 0.4) is 0 Å². The van der Waals surface area contributed by atoms with E-state index in [0.29, 0.717) is 0 Å². The molecule has 0 saturated carbocycles. The fourth-order valence-corrected chi connectivity index (χ4v) is 1.43. The Morgan fingerprint density at radius 1 is 1.33 bits per heavy atom. The lowest BCUT2D eigenvalue weighted by Crippen LogP contribution is -1.93. The summed E-state index contributed by atoms with van der Waals surface area (Å²) in [4.78, 5) is 4.08. The van der Waals surface area contributed by atoms with Crippen LogP contribution in [0.1, 0.15) is 18.2 Å². The van der Waals surface area contributed by atoms with Crippen LogP contribution in [0.15, 0.2) is 30.7 Å². The molecule has 0 radical (unpaired) electrons. The molecule has 0 atom stereocenters. The molecular formula is C11H14N4. The number of nitrogens with zero attached hydrogens (tertiary/aromatic N) is 4. The molecule has 0 saturated heterocycles. The van der Waals surface area contributed by atoms with Crippen molar-refractivity contribution in [1.82, 2.24) is 20.0 Å². The minimum absolute atomic E-state index is 0.875. The van der Waals surface area contributed by atoms with E-state index in [1.165, 1.54) is 5.56 Å². The number of aromatic nitrogens is 4. The molecule has 2 heterocycles. The summed E-state index contributed by atoms with van der Waals surface area (Å²) in [6.45, 7) is 2.93. The van der Waals surface area contributed by atoms with Crippen molar-refractivity contribution in [2.24, 2.45) is 0 Å². The molecule has 0 aromatic carbocycles. The van der Waals surface area contributed by atoms with Crippen molar-refractivity contribution in [3.05, 3.63) is 42.0 Å². The molecule has 15 heavy (non-hydrogen) atoms. The standard InChI is InChI=1S/C11H14N4/c1-2-15-9-11(13-14-15)6-5-10-4-3-7-12-8-10/h3-4,7-9H,2,5-6H2,1H3. The maximum Gasteiger partial charge on any atom is 0.0830 e. The maximum atomic E-state index is 4.09. The van der Waals surface area contributed by atoms with Gasteiger partial charge in [0.05, 0.1) is 5.69 Å². The zero-order valence-corrected chi connectivity index (χ0v) is 8.80. The molecule has 78 valence electrons. The molecule has 0 unspecified atom stereocenters. The Kier molecular flexibility index (Phi) is 3.07. The molecule has 4 nitrogen and oxygen atoms in total. The summed E-state index contributed by atoms with van der Waals surface area (Å²) < 4.78 is 1.85. The fourth-order valence-electron chi connectivity index (χ4n) is 1.43. The van der Waals surface area contributed by atoms with Gasteiger partial charge >= 0.3 is 0 Å². The number of aryl methyl sites for hydroxylation is 3. The third kappa shape index (κ3) is 2.62. The highest BCUT2D eigenvalue weighted by molar-refractivity contribution is 5.10. The van der Waals surface area contributed by atoms with E-state index in [4.69, 9.17) is 0 Å². The van der Waals surface area contributed by atoms with Gasteiger partial charge in [-0.2, -0.15) is 0 Å². The lowest BCUT2D eigenvalue weighted by atomic mass is 10.1. The number of pyridine rings is 1. The van der Waals surface area contributed by atoms with E-state index < -0.39 is 0 Å². The second kappa shape index (κ2) is 4.68. The quantitative estimate of drug-likeness (QED) is 0.754. The third-order valence-electron chi connectivity index (χ3n) is 2.30. The Morgan fingerprint density at radius 3 is 2.93 bits per heavy atom. The molecule has 0 N–H and O–H groups in total. The van der Waals surface area contributed by atoms with Gasteiger partial charge in [-0.15, -0.1) is 5.10 Å². The monoisotopic (exact) mass is 202 g/mol. The van der Waals surface area contributed by atoms with Gasteiger partial charge in [0.1, 0.15) is 0 Å². The van der Waals surface area contributed by atoms with E-state index in [0.717, 1.165) is 25.1 Å². The Hall–Kier alpha value is -1.71. The number of hydrogen-bond acceptors (Lipinski definition) is 3. The van der Waals surface area contributed by atoms with Crippen LogP contribution in [0, 0.1) is 0 Å². The minimum Gasteiger partial charge on any atom is -0.264 e. The van der Waals surface area contributed by atoms with Crippen molar-refractivity contribution in [2.75, 3.05) is 0 Å². The SMILES string of the molecule is CCn1cc(CCc2cccnc2)nn1. The highest BCUT2D eigenvalue weighted by Gasteiger charge is 2.00. The zero-order valence-electron chi connectivity index (χ0n) is 8.80. The summed E-state index contributed by atoms with van der Waals surface area (Å²) in [7, 11) is 0. The average molecular weight is 202 g/mol. The molecule has 0 aliphatic carbocycles. The van der Waals surface area contributed by atoms with Gasteiger partial charge in [0.25, 0.3) is 0 Å². The van der Waals surface area contributed by atoms with Crippen LogP contribution >= 0.6 is 0 Å². The number of rotatable bonds is 4. The lowest BCUT2D eigenvalue weighted by molar-refractivity contribution is 0.626. The summed E-state index contributed by atoms with van der Waals surface area (Å²) in [5.74, 6) is 0. The smallest absolute Gasteiger partial charge is 0.0830 e. The summed E-state index contributed by atoms with van der Waals surface area (Å²) >= 11 is 0. The molecule has 2 rings (SSSR count). The average Bonchev–Trinajstić information content (AvgIpc) is 2.76. The first-order chi connectivity index (χ1) is 7.38. The summed E-state index contributed by atoms with van der Waals surface area (Å²) in [5.41, 5.74) is 2.28. The van der Waals surface area contributed by atoms with Gasteiger partial charge in [0, 0.05) is 25.1 Å². The van der Waals surface area contributed by atoms with Gasteiger partial charge in [0.2, 0.25) is 0 Å². The maximum absolute atomic E-state index is 4.09. The first-order valence-corrected chi connectivity index (χ1v) is 5.16. The van der Waals surface area contributed by atoms with Gasteiger partial charge in [0.15, 0.2) is 0 Å². The predicted molar refractivity (Wildman–Crippen MR) is 57.3 cm³/mol. The normalized spacial score (nSPS) is 10.5.